The fraction of sp³-hybridized carbons (Fsp3) is 0.273. The number of halogens is 1. The van der Waals surface area contributed by atoms with Crippen LogP contribution in [0.2, 0.25) is 0 Å². The zero-order valence-corrected chi connectivity index (χ0v) is 9.63. The van der Waals surface area contributed by atoms with Gasteiger partial charge in [0.1, 0.15) is 0 Å². The van der Waals surface area contributed by atoms with Crippen molar-refractivity contribution < 1.29 is 9.13 Å². The minimum Gasteiger partial charge on any atom is -0.488 e. The molecule has 2 aromatic rings. The van der Waals surface area contributed by atoms with Crippen LogP contribution in [0.3, 0.4) is 0 Å². The number of rotatable bonds is 4. The van der Waals surface area contributed by atoms with Gasteiger partial charge in [-0.3, -0.25) is 0 Å². The Hall–Kier alpha value is -1.49. The third-order valence-corrected chi connectivity index (χ3v) is 3.15. The van der Waals surface area contributed by atoms with Crippen molar-refractivity contribution in [1.82, 2.24) is 9.97 Å². The van der Waals surface area contributed by atoms with Gasteiger partial charge in [-0.15, -0.1) is 11.3 Å². The lowest BCUT2D eigenvalue weighted by molar-refractivity contribution is 0.301. The molecule has 3 nitrogen and oxygen atoms in total. The van der Waals surface area contributed by atoms with Gasteiger partial charge in [-0.05, 0) is 19.1 Å². The number of aryl methyl sites for hydroxylation is 1. The number of hydrogen-bond acceptors (Lipinski definition) is 4. The molecule has 0 fully saturated rings. The molecular weight excluding hydrogens is 227 g/mol. The summed E-state index contributed by atoms with van der Waals surface area (Å²) >= 11 is 1.59. The molecule has 0 aliphatic heterocycles. The van der Waals surface area contributed by atoms with E-state index in [2.05, 4.69) is 9.97 Å². The predicted molar refractivity (Wildman–Crippen MR) is 60.2 cm³/mol. The van der Waals surface area contributed by atoms with Crippen molar-refractivity contribution in [3.8, 4) is 5.75 Å². The average Bonchev–Trinajstić information content (AvgIpc) is 2.67. The van der Waals surface area contributed by atoms with Crippen LogP contribution in [0.5, 0.6) is 5.75 Å². The van der Waals surface area contributed by atoms with Gasteiger partial charge in [-0.1, -0.05) is 0 Å². The number of thiazole rings is 1. The molecule has 2 heterocycles. The summed E-state index contributed by atoms with van der Waals surface area (Å²) in [5, 5.41) is 0. The van der Waals surface area contributed by atoms with Crippen molar-refractivity contribution in [3.63, 3.8) is 0 Å². The van der Waals surface area contributed by atoms with Crippen molar-refractivity contribution in [2.75, 3.05) is 6.61 Å². The normalized spacial score (nSPS) is 10.4. The Labute approximate surface area is 96.9 Å². The maximum Gasteiger partial charge on any atom is 0.255 e. The van der Waals surface area contributed by atoms with Crippen LogP contribution in [0, 0.1) is 12.9 Å². The summed E-state index contributed by atoms with van der Waals surface area (Å²) in [5.74, 6) is -0.367. The van der Waals surface area contributed by atoms with E-state index in [9.17, 15) is 4.39 Å². The Morgan fingerprint density at radius 1 is 1.44 bits per heavy atom. The summed E-state index contributed by atoms with van der Waals surface area (Å²) in [6.07, 6.45) is 2.14. The first kappa shape index (κ1) is 11.0. The number of nitrogens with zero attached hydrogens (tertiary/aromatic N) is 2. The van der Waals surface area contributed by atoms with Crippen molar-refractivity contribution >= 4 is 11.3 Å². The molecule has 2 rings (SSSR count). The minimum absolute atomic E-state index is 0.199. The first-order valence-electron chi connectivity index (χ1n) is 4.89. The van der Waals surface area contributed by atoms with E-state index in [1.54, 1.807) is 29.0 Å². The molecule has 0 unspecified atom stereocenters. The van der Waals surface area contributed by atoms with Gasteiger partial charge in [0.25, 0.3) is 5.95 Å². The van der Waals surface area contributed by atoms with E-state index in [1.807, 2.05) is 6.92 Å². The molecule has 5 heteroatoms. The first-order valence-corrected chi connectivity index (χ1v) is 5.77. The molecule has 0 saturated heterocycles. The molecule has 0 bridgehead atoms. The van der Waals surface area contributed by atoms with Gasteiger partial charge in [0, 0.05) is 17.5 Å². The predicted octanol–water partition coefficient (Wildman–Crippen LogP) is 2.61. The van der Waals surface area contributed by atoms with E-state index >= 15 is 0 Å². The average molecular weight is 238 g/mol. The van der Waals surface area contributed by atoms with Crippen LogP contribution in [-0.4, -0.2) is 16.6 Å². The van der Waals surface area contributed by atoms with Gasteiger partial charge in [-0.2, -0.15) is 4.39 Å². The summed E-state index contributed by atoms with van der Waals surface area (Å²) < 4.78 is 18.4. The summed E-state index contributed by atoms with van der Waals surface area (Å²) in [5.41, 5.74) is 2.82. The lowest BCUT2D eigenvalue weighted by Gasteiger charge is -2.05. The Bertz CT molecular complexity index is 473. The Balaban J connectivity index is 1.89. The summed E-state index contributed by atoms with van der Waals surface area (Å²) in [6.45, 7) is 2.39. The molecular formula is C11H11FN2OS. The fourth-order valence-electron chi connectivity index (χ4n) is 1.30. The standard InChI is InChI=1S/C11H11FN2OS/c1-8-10(16-7-14-8)4-6-15-9-3-2-5-13-11(9)12/h2-3,5,7H,4,6H2,1H3. The van der Waals surface area contributed by atoms with Crippen LogP contribution in [0.15, 0.2) is 23.8 Å². The van der Waals surface area contributed by atoms with Gasteiger partial charge in [0.15, 0.2) is 5.75 Å². The highest BCUT2D eigenvalue weighted by Crippen LogP contribution is 2.16. The quantitative estimate of drug-likeness (QED) is 0.768. The molecule has 16 heavy (non-hydrogen) atoms. The zero-order chi connectivity index (χ0) is 11.4. The van der Waals surface area contributed by atoms with E-state index < -0.39 is 5.95 Å². The van der Waals surface area contributed by atoms with Gasteiger partial charge in [0.2, 0.25) is 0 Å². The largest absolute Gasteiger partial charge is 0.488 e. The molecule has 0 amide bonds. The second-order valence-electron chi connectivity index (χ2n) is 3.25. The maximum atomic E-state index is 13.1. The Morgan fingerprint density at radius 3 is 3.00 bits per heavy atom. The van der Waals surface area contributed by atoms with Crippen LogP contribution in [0.25, 0.3) is 0 Å². The number of ether oxygens (including phenoxy) is 1. The first-order chi connectivity index (χ1) is 7.77. The van der Waals surface area contributed by atoms with Crippen LogP contribution in [0.4, 0.5) is 4.39 Å². The van der Waals surface area contributed by atoms with Gasteiger partial charge in [0.05, 0.1) is 17.8 Å². The Kier molecular flexibility index (Phi) is 3.46. The fourth-order valence-corrected chi connectivity index (χ4v) is 2.06. The summed E-state index contributed by atoms with van der Waals surface area (Å²) in [4.78, 5) is 8.82. The highest BCUT2D eigenvalue weighted by Gasteiger charge is 2.05. The zero-order valence-electron chi connectivity index (χ0n) is 8.81. The van der Waals surface area contributed by atoms with E-state index in [4.69, 9.17) is 4.74 Å². The molecule has 0 aromatic carbocycles. The van der Waals surface area contributed by atoms with E-state index in [0.717, 1.165) is 12.1 Å². The van der Waals surface area contributed by atoms with Crippen molar-refractivity contribution in [2.24, 2.45) is 0 Å². The second kappa shape index (κ2) is 5.03. The third-order valence-electron chi connectivity index (χ3n) is 2.16. The van der Waals surface area contributed by atoms with Gasteiger partial charge >= 0.3 is 0 Å². The molecule has 0 N–H and O–H groups in total. The topological polar surface area (TPSA) is 35.0 Å². The Morgan fingerprint density at radius 2 is 2.31 bits per heavy atom. The smallest absolute Gasteiger partial charge is 0.255 e. The van der Waals surface area contributed by atoms with Crippen LogP contribution >= 0.6 is 11.3 Å². The highest BCUT2D eigenvalue weighted by atomic mass is 32.1. The monoisotopic (exact) mass is 238 g/mol. The van der Waals surface area contributed by atoms with Gasteiger partial charge in [-0.25, -0.2) is 9.97 Å². The lowest BCUT2D eigenvalue weighted by Crippen LogP contribution is -2.03. The molecule has 0 spiro atoms. The number of aromatic nitrogens is 2. The number of hydrogen-bond donors (Lipinski definition) is 0. The van der Waals surface area contributed by atoms with Crippen molar-refractivity contribution in [2.45, 2.75) is 13.3 Å². The van der Waals surface area contributed by atoms with E-state index in [-0.39, 0.29) is 5.75 Å². The SMILES string of the molecule is Cc1ncsc1CCOc1cccnc1F. The van der Waals surface area contributed by atoms with Crippen LogP contribution in [0.1, 0.15) is 10.6 Å². The summed E-state index contributed by atoms with van der Waals surface area (Å²) in [6, 6.07) is 3.22. The molecule has 0 aliphatic rings. The molecule has 0 aliphatic carbocycles. The molecule has 0 atom stereocenters. The minimum atomic E-state index is -0.566. The van der Waals surface area contributed by atoms with Crippen LogP contribution < -0.4 is 4.74 Å². The highest BCUT2D eigenvalue weighted by molar-refractivity contribution is 7.09. The lowest BCUT2D eigenvalue weighted by atomic mass is 10.3. The molecule has 0 radical (unpaired) electrons. The number of pyridine rings is 1. The van der Waals surface area contributed by atoms with Crippen LogP contribution in [-0.2, 0) is 6.42 Å². The molecule has 2 aromatic heterocycles. The second-order valence-corrected chi connectivity index (χ2v) is 4.19. The maximum absolute atomic E-state index is 13.1. The third kappa shape index (κ3) is 2.55. The van der Waals surface area contributed by atoms with E-state index in [1.165, 1.54) is 11.1 Å². The molecule has 0 saturated carbocycles. The van der Waals surface area contributed by atoms with Crippen molar-refractivity contribution in [3.05, 3.63) is 40.4 Å². The summed E-state index contributed by atoms with van der Waals surface area (Å²) in [7, 11) is 0. The van der Waals surface area contributed by atoms with Crippen molar-refractivity contribution in [1.29, 1.82) is 0 Å². The van der Waals surface area contributed by atoms with Gasteiger partial charge < -0.3 is 4.74 Å². The van der Waals surface area contributed by atoms with E-state index in [0.29, 0.717) is 6.61 Å². The molecule has 84 valence electrons.